The number of Topliss-reactive ketones (excluding diaryl/α,β-unsaturated/α-hetero) is 1. The zero-order valence-corrected chi connectivity index (χ0v) is 8.19. The van der Waals surface area contributed by atoms with E-state index < -0.39 is 18.4 Å². The van der Waals surface area contributed by atoms with Crippen molar-refractivity contribution in [2.45, 2.75) is 0 Å². The first kappa shape index (κ1) is 11.2. The first-order chi connectivity index (χ1) is 7.10. The summed E-state index contributed by atoms with van der Waals surface area (Å²) in [6, 6.07) is 4.15. The molecule has 0 saturated carbocycles. The van der Waals surface area contributed by atoms with Crippen molar-refractivity contribution in [3.63, 3.8) is 0 Å². The van der Waals surface area contributed by atoms with Crippen molar-refractivity contribution >= 4 is 17.4 Å². The van der Waals surface area contributed by atoms with Crippen LogP contribution in [0.4, 0.5) is 5.69 Å². The van der Waals surface area contributed by atoms with Crippen LogP contribution in [0.15, 0.2) is 18.2 Å². The molecule has 3 N–H and O–H groups in total. The van der Waals surface area contributed by atoms with Crippen LogP contribution in [0.3, 0.4) is 0 Å². The Morgan fingerprint density at radius 3 is 2.60 bits per heavy atom. The zero-order chi connectivity index (χ0) is 11.4. The summed E-state index contributed by atoms with van der Waals surface area (Å²) in [5, 5.41) is 8.62. The van der Waals surface area contributed by atoms with Gasteiger partial charge in [0.1, 0.15) is 6.61 Å². The van der Waals surface area contributed by atoms with E-state index in [1.54, 1.807) is 0 Å². The molecule has 0 radical (unpaired) electrons. The number of carbonyl (C=O) groups excluding carboxylic acids is 2. The number of ether oxygens (including phenoxy) is 1. The molecule has 0 unspecified atom stereocenters. The van der Waals surface area contributed by atoms with Gasteiger partial charge in [-0.3, -0.25) is 4.79 Å². The topological polar surface area (TPSA) is 89.6 Å². The highest BCUT2D eigenvalue weighted by atomic mass is 16.5. The number of nitrogen functional groups attached to an aromatic ring is 1. The number of hydrogen-bond acceptors (Lipinski definition) is 5. The summed E-state index contributed by atoms with van der Waals surface area (Å²) < 4.78 is 4.49. The van der Waals surface area contributed by atoms with Gasteiger partial charge in [-0.05, 0) is 12.1 Å². The molecule has 0 aliphatic heterocycles. The Hall–Kier alpha value is -1.88. The van der Waals surface area contributed by atoms with Gasteiger partial charge in [0.25, 0.3) is 0 Å². The third kappa shape index (κ3) is 2.32. The van der Waals surface area contributed by atoms with Crippen molar-refractivity contribution < 1.29 is 19.4 Å². The second kappa shape index (κ2) is 4.56. The third-order valence-corrected chi connectivity index (χ3v) is 1.92. The van der Waals surface area contributed by atoms with Gasteiger partial charge in [0.05, 0.1) is 12.7 Å². The fraction of sp³-hybridized carbons (Fsp3) is 0.200. The maximum atomic E-state index is 11.1. The van der Waals surface area contributed by atoms with E-state index in [9.17, 15) is 9.59 Å². The lowest BCUT2D eigenvalue weighted by molar-refractivity contribution is 0.0601. The number of hydrogen-bond donors (Lipinski definition) is 2. The number of benzene rings is 1. The van der Waals surface area contributed by atoms with Crippen LogP contribution in [0.5, 0.6) is 0 Å². The minimum Gasteiger partial charge on any atom is -0.465 e. The van der Waals surface area contributed by atoms with Crippen molar-refractivity contribution in [1.29, 1.82) is 0 Å². The largest absolute Gasteiger partial charge is 0.465 e. The number of carbonyl (C=O) groups is 2. The highest BCUT2D eigenvalue weighted by molar-refractivity contribution is 6.01. The summed E-state index contributed by atoms with van der Waals surface area (Å²) in [5.41, 5.74) is 6.18. The minimum absolute atomic E-state index is 0.154. The van der Waals surface area contributed by atoms with Gasteiger partial charge in [0.15, 0.2) is 5.78 Å². The van der Waals surface area contributed by atoms with Crippen molar-refractivity contribution in [1.82, 2.24) is 0 Å². The number of aliphatic hydroxyl groups is 1. The summed E-state index contributed by atoms with van der Waals surface area (Å²) >= 11 is 0. The number of esters is 1. The fourth-order valence-electron chi connectivity index (χ4n) is 1.12. The van der Waals surface area contributed by atoms with Crippen LogP contribution >= 0.6 is 0 Å². The van der Waals surface area contributed by atoms with Crippen molar-refractivity contribution in [3.05, 3.63) is 29.3 Å². The van der Waals surface area contributed by atoms with Gasteiger partial charge in [0.2, 0.25) is 0 Å². The Balaban J connectivity index is 3.08. The second-order valence-corrected chi connectivity index (χ2v) is 2.87. The van der Waals surface area contributed by atoms with Crippen LogP contribution in [-0.2, 0) is 4.74 Å². The standard InChI is InChI=1S/C10H11NO4/c1-15-10(14)7-3-2-6(4-8(7)11)9(13)5-12/h2-4,12H,5,11H2,1H3. The Kier molecular flexibility index (Phi) is 3.41. The van der Waals surface area contributed by atoms with E-state index in [1.807, 2.05) is 0 Å². The van der Waals surface area contributed by atoms with Gasteiger partial charge < -0.3 is 15.6 Å². The first-order valence-electron chi connectivity index (χ1n) is 4.22. The van der Waals surface area contributed by atoms with Crippen LogP contribution in [0.2, 0.25) is 0 Å². The molecule has 0 amide bonds. The van der Waals surface area contributed by atoms with Gasteiger partial charge >= 0.3 is 5.97 Å². The van der Waals surface area contributed by atoms with E-state index in [0.717, 1.165) is 0 Å². The number of anilines is 1. The molecule has 1 aromatic carbocycles. The number of aliphatic hydroxyl groups excluding tert-OH is 1. The van der Waals surface area contributed by atoms with Crippen LogP contribution in [0.1, 0.15) is 20.7 Å². The van der Waals surface area contributed by atoms with Gasteiger partial charge in [-0.2, -0.15) is 0 Å². The Bertz CT molecular complexity index is 400. The van der Waals surface area contributed by atoms with Crippen LogP contribution < -0.4 is 5.73 Å². The Labute approximate surface area is 86.5 Å². The Morgan fingerprint density at radius 1 is 1.47 bits per heavy atom. The highest BCUT2D eigenvalue weighted by Crippen LogP contribution is 2.15. The number of ketones is 1. The number of nitrogens with two attached hydrogens (primary N) is 1. The lowest BCUT2D eigenvalue weighted by Gasteiger charge is -2.05. The molecule has 0 bridgehead atoms. The molecule has 0 fully saturated rings. The molecule has 1 aromatic rings. The molecule has 80 valence electrons. The quantitative estimate of drug-likeness (QED) is 0.422. The summed E-state index contributed by atoms with van der Waals surface area (Å²) in [5.74, 6) is -1.01. The van der Waals surface area contributed by atoms with E-state index in [2.05, 4.69) is 4.74 Å². The van der Waals surface area contributed by atoms with Gasteiger partial charge in [-0.25, -0.2) is 4.79 Å². The SMILES string of the molecule is COC(=O)c1ccc(C(=O)CO)cc1N. The molecule has 15 heavy (non-hydrogen) atoms. The molecule has 0 saturated heterocycles. The smallest absolute Gasteiger partial charge is 0.339 e. The number of methoxy groups -OCH3 is 1. The van der Waals surface area contributed by atoms with E-state index in [1.165, 1.54) is 25.3 Å². The fourth-order valence-corrected chi connectivity index (χ4v) is 1.12. The van der Waals surface area contributed by atoms with Crippen LogP contribution in [0, 0.1) is 0 Å². The van der Waals surface area contributed by atoms with Crippen LogP contribution in [0.25, 0.3) is 0 Å². The van der Waals surface area contributed by atoms with Crippen molar-refractivity contribution in [3.8, 4) is 0 Å². The molecule has 0 aliphatic carbocycles. The molecule has 0 heterocycles. The van der Waals surface area contributed by atoms with Gasteiger partial charge in [-0.1, -0.05) is 6.07 Å². The van der Waals surface area contributed by atoms with Crippen LogP contribution in [-0.4, -0.2) is 30.6 Å². The average Bonchev–Trinajstić information content (AvgIpc) is 2.26. The molecule has 0 aromatic heterocycles. The molecule has 0 atom stereocenters. The summed E-state index contributed by atoms with van der Waals surface area (Å²) in [6.07, 6.45) is 0. The van der Waals surface area contributed by atoms with Crippen molar-refractivity contribution in [2.24, 2.45) is 0 Å². The lowest BCUT2D eigenvalue weighted by Crippen LogP contribution is -2.09. The molecule has 5 nitrogen and oxygen atoms in total. The normalized spacial score (nSPS) is 9.73. The van der Waals surface area contributed by atoms with Gasteiger partial charge in [0, 0.05) is 11.3 Å². The maximum Gasteiger partial charge on any atom is 0.339 e. The maximum absolute atomic E-state index is 11.1. The Morgan fingerprint density at radius 2 is 2.13 bits per heavy atom. The molecular formula is C10H11NO4. The predicted octanol–water partition coefficient (Wildman–Crippen LogP) is 0.230. The average molecular weight is 209 g/mol. The monoisotopic (exact) mass is 209 g/mol. The van der Waals surface area contributed by atoms with E-state index in [4.69, 9.17) is 10.8 Å². The first-order valence-corrected chi connectivity index (χ1v) is 4.22. The van der Waals surface area contributed by atoms with Gasteiger partial charge in [-0.15, -0.1) is 0 Å². The van der Waals surface area contributed by atoms with Crippen molar-refractivity contribution in [2.75, 3.05) is 19.5 Å². The molecule has 5 heteroatoms. The van der Waals surface area contributed by atoms with E-state index >= 15 is 0 Å². The molecular weight excluding hydrogens is 198 g/mol. The summed E-state index contributed by atoms with van der Waals surface area (Å²) in [4.78, 5) is 22.2. The molecule has 0 spiro atoms. The third-order valence-electron chi connectivity index (χ3n) is 1.92. The molecule has 0 aliphatic rings. The summed E-state index contributed by atoms with van der Waals surface area (Å²) in [7, 11) is 1.24. The lowest BCUT2D eigenvalue weighted by atomic mass is 10.1. The highest BCUT2D eigenvalue weighted by Gasteiger charge is 2.12. The zero-order valence-electron chi connectivity index (χ0n) is 8.19. The van der Waals surface area contributed by atoms with E-state index in [0.29, 0.717) is 0 Å². The minimum atomic E-state index is -0.586. The number of rotatable bonds is 3. The summed E-state index contributed by atoms with van der Waals surface area (Å²) in [6.45, 7) is -0.586. The second-order valence-electron chi connectivity index (χ2n) is 2.87. The van der Waals surface area contributed by atoms with E-state index in [-0.39, 0.29) is 16.8 Å². The predicted molar refractivity (Wildman–Crippen MR) is 53.6 cm³/mol. The molecule has 1 rings (SSSR count).